The number of nitrogens with two attached hydrogens (primary N) is 1. The molecule has 0 aliphatic rings. The summed E-state index contributed by atoms with van der Waals surface area (Å²) in [6.07, 6.45) is 0. The number of aromatic nitrogens is 1. The van der Waals surface area contributed by atoms with E-state index in [1.807, 2.05) is 0 Å². The standard InChI is InChI=1S/C14H16N4O5S.2ClH/c1-22-12-4-10(14(19)16-3-2-15)11(18(20)21)5-13(12)23-6-9-7-24-8-17-9;;/h4-5,7-8H,2-3,6,15H2,1H3,(H,16,19);2*1H. The number of nitrogens with one attached hydrogen (secondary N) is 1. The van der Waals surface area contributed by atoms with Crippen LogP contribution in [0.25, 0.3) is 0 Å². The van der Waals surface area contributed by atoms with Crippen LogP contribution in [0.15, 0.2) is 23.0 Å². The Morgan fingerprint density at radius 1 is 1.38 bits per heavy atom. The molecule has 1 heterocycles. The molecule has 3 N–H and O–H groups in total. The summed E-state index contributed by atoms with van der Waals surface area (Å²) >= 11 is 1.41. The molecule has 144 valence electrons. The molecule has 0 fully saturated rings. The van der Waals surface area contributed by atoms with Crippen LogP contribution in [0, 0.1) is 10.1 Å². The lowest BCUT2D eigenvalue weighted by Gasteiger charge is -2.12. The van der Waals surface area contributed by atoms with E-state index in [0.29, 0.717) is 5.69 Å². The SMILES string of the molecule is COc1cc(C(=O)NCCN)c([N+](=O)[O-])cc1OCc1cscn1.Cl.Cl. The van der Waals surface area contributed by atoms with Crippen molar-refractivity contribution < 1.29 is 19.2 Å². The lowest BCUT2D eigenvalue weighted by molar-refractivity contribution is -0.385. The number of methoxy groups -OCH3 is 1. The van der Waals surface area contributed by atoms with Crippen LogP contribution in [0.3, 0.4) is 0 Å². The van der Waals surface area contributed by atoms with Crippen molar-refractivity contribution in [3.63, 3.8) is 0 Å². The second kappa shape index (κ2) is 11.5. The number of nitro benzene ring substituents is 1. The fourth-order valence-electron chi connectivity index (χ4n) is 1.90. The van der Waals surface area contributed by atoms with Gasteiger partial charge in [0, 0.05) is 24.5 Å². The zero-order chi connectivity index (χ0) is 17.5. The van der Waals surface area contributed by atoms with E-state index in [1.165, 1.54) is 30.6 Å². The van der Waals surface area contributed by atoms with Crippen LogP contribution < -0.4 is 20.5 Å². The minimum atomic E-state index is -0.646. The summed E-state index contributed by atoms with van der Waals surface area (Å²) < 4.78 is 10.7. The third-order valence-corrected chi connectivity index (χ3v) is 3.65. The van der Waals surface area contributed by atoms with Crippen molar-refractivity contribution in [3.8, 4) is 11.5 Å². The van der Waals surface area contributed by atoms with Crippen molar-refractivity contribution in [2.75, 3.05) is 20.2 Å². The lowest BCUT2D eigenvalue weighted by atomic mass is 10.1. The molecular formula is C14H18Cl2N4O5S. The molecule has 0 atom stereocenters. The van der Waals surface area contributed by atoms with E-state index in [2.05, 4.69) is 10.3 Å². The number of halogens is 2. The summed E-state index contributed by atoms with van der Waals surface area (Å²) in [5, 5.41) is 15.6. The van der Waals surface area contributed by atoms with Gasteiger partial charge in [0.2, 0.25) is 0 Å². The zero-order valence-corrected chi connectivity index (χ0v) is 16.1. The first-order chi connectivity index (χ1) is 11.6. The first-order valence-electron chi connectivity index (χ1n) is 6.91. The predicted octanol–water partition coefficient (Wildman–Crippen LogP) is 2.17. The molecular weight excluding hydrogens is 407 g/mol. The van der Waals surface area contributed by atoms with Crippen LogP contribution in [0.5, 0.6) is 11.5 Å². The van der Waals surface area contributed by atoms with Crippen LogP contribution >= 0.6 is 36.2 Å². The number of nitro groups is 1. The Morgan fingerprint density at radius 2 is 2.12 bits per heavy atom. The normalized spacial score (nSPS) is 9.46. The molecule has 12 heteroatoms. The number of nitrogens with zero attached hydrogens (tertiary/aromatic N) is 2. The maximum atomic E-state index is 12.1. The van der Waals surface area contributed by atoms with Crippen molar-refractivity contribution in [1.82, 2.24) is 10.3 Å². The van der Waals surface area contributed by atoms with E-state index in [9.17, 15) is 14.9 Å². The van der Waals surface area contributed by atoms with Crippen LogP contribution in [0.1, 0.15) is 16.1 Å². The summed E-state index contributed by atoms with van der Waals surface area (Å²) in [6, 6.07) is 2.45. The van der Waals surface area contributed by atoms with Crippen LogP contribution in [0.4, 0.5) is 5.69 Å². The Balaban J connectivity index is 0.00000312. The van der Waals surface area contributed by atoms with Crippen molar-refractivity contribution in [1.29, 1.82) is 0 Å². The molecule has 0 saturated carbocycles. The number of carbonyl (C=O) groups excluding carboxylic acids is 1. The minimum absolute atomic E-state index is 0. The van der Waals surface area contributed by atoms with Gasteiger partial charge in [-0.2, -0.15) is 0 Å². The highest BCUT2D eigenvalue weighted by Crippen LogP contribution is 2.35. The Labute approximate surface area is 165 Å². The molecule has 1 aromatic carbocycles. The second-order valence-electron chi connectivity index (χ2n) is 4.59. The van der Waals surface area contributed by atoms with E-state index < -0.39 is 10.8 Å². The summed E-state index contributed by atoms with van der Waals surface area (Å²) in [7, 11) is 1.39. The summed E-state index contributed by atoms with van der Waals surface area (Å²) in [6.45, 7) is 0.571. The Morgan fingerprint density at radius 3 is 2.65 bits per heavy atom. The zero-order valence-electron chi connectivity index (χ0n) is 13.7. The monoisotopic (exact) mass is 424 g/mol. The van der Waals surface area contributed by atoms with Gasteiger partial charge in [-0.1, -0.05) is 0 Å². The average molecular weight is 425 g/mol. The number of hydrogen-bond donors (Lipinski definition) is 2. The molecule has 1 amide bonds. The molecule has 0 bridgehead atoms. The third-order valence-electron chi connectivity index (χ3n) is 3.01. The van der Waals surface area contributed by atoms with Gasteiger partial charge in [-0.05, 0) is 0 Å². The van der Waals surface area contributed by atoms with E-state index in [0.717, 1.165) is 0 Å². The molecule has 0 unspecified atom stereocenters. The minimum Gasteiger partial charge on any atom is -0.493 e. The largest absolute Gasteiger partial charge is 0.493 e. The van der Waals surface area contributed by atoms with Crippen molar-refractivity contribution in [3.05, 3.63) is 44.4 Å². The summed E-state index contributed by atoms with van der Waals surface area (Å²) in [4.78, 5) is 26.8. The fraction of sp³-hybridized carbons (Fsp3) is 0.286. The van der Waals surface area contributed by atoms with Gasteiger partial charge >= 0.3 is 0 Å². The maximum absolute atomic E-state index is 12.1. The van der Waals surface area contributed by atoms with Gasteiger partial charge in [0.1, 0.15) is 12.2 Å². The number of amides is 1. The van der Waals surface area contributed by atoms with Gasteiger partial charge in [0.05, 0.1) is 29.3 Å². The highest BCUT2D eigenvalue weighted by Gasteiger charge is 2.24. The number of carbonyl (C=O) groups is 1. The molecule has 9 nitrogen and oxygen atoms in total. The number of ether oxygens (including phenoxy) is 2. The average Bonchev–Trinajstić information content (AvgIpc) is 3.10. The van der Waals surface area contributed by atoms with E-state index in [4.69, 9.17) is 15.2 Å². The number of benzene rings is 1. The summed E-state index contributed by atoms with van der Waals surface area (Å²) in [5.74, 6) is -0.224. The molecule has 26 heavy (non-hydrogen) atoms. The topological polar surface area (TPSA) is 130 Å². The molecule has 1 aromatic heterocycles. The van der Waals surface area contributed by atoms with Crippen LogP contribution in [-0.2, 0) is 6.61 Å². The Kier molecular flexibility index (Phi) is 10.5. The van der Waals surface area contributed by atoms with E-state index in [-0.39, 0.29) is 67.3 Å². The molecule has 2 rings (SSSR count). The highest BCUT2D eigenvalue weighted by atomic mass is 35.5. The van der Waals surface area contributed by atoms with Crippen LogP contribution in [0.2, 0.25) is 0 Å². The van der Waals surface area contributed by atoms with Crippen LogP contribution in [-0.4, -0.2) is 36.0 Å². The second-order valence-corrected chi connectivity index (χ2v) is 5.31. The third kappa shape index (κ3) is 5.99. The predicted molar refractivity (Wildman–Crippen MR) is 102 cm³/mol. The van der Waals surface area contributed by atoms with Gasteiger partial charge in [0.15, 0.2) is 11.5 Å². The van der Waals surface area contributed by atoms with Crippen molar-refractivity contribution >= 4 is 47.7 Å². The molecule has 2 aromatic rings. The summed E-state index contributed by atoms with van der Waals surface area (Å²) in [5.41, 5.74) is 7.17. The fourth-order valence-corrected chi connectivity index (χ4v) is 2.44. The maximum Gasteiger partial charge on any atom is 0.286 e. The van der Waals surface area contributed by atoms with Gasteiger partial charge < -0.3 is 20.5 Å². The smallest absolute Gasteiger partial charge is 0.286 e. The number of thiazole rings is 1. The van der Waals surface area contributed by atoms with E-state index >= 15 is 0 Å². The van der Waals surface area contributed by atoms with Gasteiger partial charge in [-0.15, -0.1) is 36.2 Å². The molecule has 0 saturated heterocycles. The molecule has 0 aliphatic heterocycles. The molecule has 0 aliphatic carbocycles. The number of hydrogen-bond acceptors (Lipinski definition) is 8. The first kappa shape index (κ1) is 23.9. The Hall–Kier alpha value is -2.14. The quantitative estimate of drug-likeness (QED) is 0.490. The lowest BCUT2D eigenvalue weighted by Crippen LogP contribution is -2.29. The highest BCUT2D eigenvalue weighted by molar-refractivity contribution is 7.07. The van der Waals surface area contributed by atoms with E-state index in [1.54, 1.807) is 10.9 Å². The van der Waals surface area contributed by atoms with Gasteiger partial charge in [-0.3, -0.25) is 14.9 Å². The number of rotatable bonds is 8. The van der Waals surface area contributed by atoms with Crippen molar-refractivity contribution in [2.24, 2.45) is 5.73 Å². The van der Waals surface area contributed by atoms with Gasteiger partial charge in [-0.25, -0.2) is 4.98 Å². The van der Waals surface area contributed by atoms with Crippen molar-refractivity contribution in [2.45, 2.75) is 6.61 Å². The molecule has 0 spiro atoms. The Bertz CT molecular complexity index is 730. The van der Waals surface area contributed by atoms with Gasteiger partial charge in [0.25, 0.3) is 11.6 Å². The first-order valence-corrected chi connectivity index (χ1v) is 7.85. The molecule has 0 radical (unpaired) electrons.